The molecule has 0 spiro atoms. The zero-order valence-corrected chi connectivity index (χ0v) is 13.3. The van der Waals surface area contributed by atoms with Gasteiger partial charge in [0.25, 0.3) is 5.91 Å². The van der Waals surface area contributed by atoms with E-state index in [1.807, 2.05) is 44.2 Å². The van der Waals surface area contributed by atoms with E-state index in [0.29, 0.717) is 12.8 Å². The largest absolute Gasteiger partial charge is 0.481 e. The summed E-state index contributed by atoms with van der Waals surface area (Å²) in [5.41, 5.74) is 1.85. The molecule has 0 aliphatic heterocycles. The average molecular weight is 315 g/mol. The number of nitrogens with one attached hydrogen (secondary N) is 1. The lowest BCUT2D eigenvalue weighted by atomic mass is 9.99. The molecule has 0 aliphatic rings. The Balaban J connectivity index is 1.98. The zero-order chi connectivity index (χ0) is 16.8. The number of aryl methyl sites for hydroxylation is 2. The van der Waals surface area contributed by atoms with E-state index < -0.39 is 11.9 Å². The number of rotatable bonds is 7. The third-order valence-electron chi connectivity index (χ3n) is 3.75. The lowest BCUT2D eigenvalue weighted by molar-refractivity contribution is -0.141. The molecule has 0 saturated heterocycles. The van der Waals surface area contributed by atoms with Gasteiger partial charge in [0.15, 0.2) is 5.76 Å². The summed E-state index contributed by atoms with van der Waals surface area (Å²) in [7, 11) is 0. The molecule has 5 nitrogen and oxygen atoms in total. The Bertz CT molecular complexity index is 676. The van der Waals surface area contributed by atoms with Crippen LogP contribution in [0.4, 0.5) is 0 Å². The van der Waals surface area contributed by atoms with Crippen LogP contribution in [-0.2, 0) is 17.6 Å². The van der Waals surface area contributed by atoms with Crippen LogP contribution in [0.2, 0.25) is 0 Å². The number of carboxylic acid groups (broad SMARTS) is 1. The minimum Gasteiger partial charge on any atom is -0.481 e. The molecular formula is C18H21NO4. The van der Waals surface area contributed by atoms with Crippen LogP contribution in [0.25, 0.3) is 0 Å². The first-order valence-corrected chi connectivity index (χ1v) is 7.65. The Morgan fingerprint density at radius 3 is 2.52 bits per heavy atom. The van der Waals surface area contributed by atoms with Crippen LogP contribution in [0, 0.1) is 12.8 Å². The summed E-state index contributed by atoms with van der Waals surface area (Å²) in [4.78, 5) is 23.5. The summed E-state index contributed by atoms with van der Waals surface area (Å²) < 4.78 is 5.48. The molecule has 2 N–H and O–H groups in total. The predicted molar refractivity (Wildman–Crippen MR) is 86.4 cm³/mol. The molecule has 1 unspecified atom stereocenters. The Hall–Kier alpha value is -2.56. The van der Waals surface area contributed by atoms with Crippen molar-refractivity contribution in [3.8, 4) is 0 Å². The van der Waals surface area contributed by atoms with Crippen LogP contribution in [0.5, 0.6) is 0 Å². The third kappa shape index (κ3) is 4.45. The number of benzene rings is 1. The molecule has 1 aromatic carbocycles. The van der Waals surface area contributed by atoms with Gasteiger partial charge in [-0.1, -0.05) is 37.3 Å². The summed E-state index contributed by atoms with van der Waals surface area (Å²) in [6.45, 7) is 3.90. The van der Waals surface area contributed by atoms with Gasteiger partial charge >= 0.3 is 5.97 Å². The van der Waals surface area contributed by atoms with Crippen molar-refractivity contribution in [2.24, 2.45) is 5.92 Å². The van der Waals surface area contributed by atoms with Gasteiger partial charge in [0.1, 0.15) is 5.76 Å². The van der Waals surface area contributed by atoms with Crippen molar-refractivity contribution in [3.63, 3.8) is 0 Å². The van der Waals surface area contributed by atoms with E-state index in [0.717, 1.165) is 16.9 Å². The quantitative estimate of drug-likeness (QED) is 0.823. The average Bonchev–Trinajstić information content (AvgIpc) is 2.93. The molecule has 1 heterocycles. The lowest BCUT2D eigenvalue weighted by Crippen LogP contribution is -2.34. The van der Waals surface area contributed by atoms with Crippen LogP contribution < -0.4 is 5.32 Å². The molecule has 0 aliphatic carbocycles. The molecule has 0 saturated carbocycles. The van der Waals surface area contributed by atoms with Crippen molar-refractivity contribution in [3.05, 3.63) is 59.0 Å². The van der Waals surface area contributed by atoms with Crippen molar-refractivity contribution >= 4 is 11.9 Å². The molecule has 0 radical (unpaired) electrons. The first kappa shape index (κ1) is 16.8. The summed E-state index contributed by atoms with van der Waals surface area (Å²) in [6.07, 6.45) is 1.08. The smallest absolute Gasteiger partial charge is 0.308 e. The highest BCUT2D eigenvalue weighted by Crippen LogP contribution is 2.15. The van der Waals surface area contributed by atoms with Crippen molar-refractivity contribution in [2.45, 2.75) is 26.7 Å². The van der Waals surface area contributed by atoms with Gasteiger partial charge in [0, 0.05) is 13.0 Å². The fraction of sp³-hybridized carbons (Fsp3) is 0.333. The Morgan fingerprint density at radius 1 is 1.26 bits per heavy atom. The summed E-state index contributed by atoms with van der Waals surface area (Å²) in [5, 5.41) is 12.0. The molecule has 2 rings (SSSR count). The van der Waals surface area contributed by atoms with Crippen molar-refractivity contribution < 1.29 is 19.1 Å². The van der Waals surface area contributed by atoms with Crippen molar-refractivity contribution in [1.82, 2.24) is 5.32 Å². The van der Waals surface area contributed by atoms with Crippen LogP contribution in [0.1, 0.15) is 34.4 Å². The Labute approximate surface area is 135 Å². The second kappa shape index (κ2) is 7.63. The van der Waals surface area contributed by atoms with Crippen LogP contribution >= 0.6 is 0 Å². The van der Waals surface area contributed by atoms with Gasteiger partial charge in [-0.15, -0.1) is 0 Å². The van der Waals surface area contributed by atoms with Gasteiger partial charge in [-0.25, -0.2) is 0 Å². The van der Waals surface area contributed by atoms with E-state index in [-0.39, 0.29) is 18.2 Å². The van der Waals surface area contributed by atoms with Gasteiger partial charge < -0.3 is 14.8 Å². The maximum Gasteiger partial charge on any atom is 0.308 e. The van der Waals surface area contributed by atoms with Crippen molar-refractivity contribution in [1.29, 1.82) is 0 Å². The van der Waals surface area contributed by atoms with Gasteiger partial charge in [0.2, 0.25) is 0 Å². The molecular weight excluding hydrogens is 294 g/mol. The molecule has 0 bridgehead atoms. The molecule has 5 heteroatoms. The standard InChI is InChI=1S/C18H21NO4/c1-3-15-12(2)9-16(23-15)17(20)19-11-14(18(21)22)10-13-7-5-4-6-8-13/h4-9,14H,3,10-11H2,1-2H3,(H,19,20)(H,21,22). The fourth-order valence-electron chi connectivity index (χ4n) is 2.43. The molecule has 1 aromatic heterocycles. The van der Waals surface area contributed by atoms with Crippen LogP contribution in [-0.4, -0.2) is 23.5 Å². The lowest BCUT2D eigenvalue weighted by Gasteiger charge is -2.13. The second-order valence-electron chi connectivity index (χ2n) is 5.51. The van der Waals surface area contributed by atoms with Gasteiger partial charge in [-0.05, 0) is 30.5 Å². The van der Waals surface area contributed by atoms with E-state index in [2.05, 4.69) is 5.32 Å². The monoisotopic (exact) mass is 315 g/mol. The highest BCUT2D eigenvalue weighted by molar-refractivity contribution is 5.92. The second-order valence-corrected chi connectivity index (χ2v) is 5.51. The number of amides is 1. The van der Waals surface area contributed by atoms with Gasteiger partial charge in [-0.3, -0.25) is 9.59 Å². The Morgan fingerprint density at radius 2 is 1.96 bits per heavy atom. The molecule has 2 aromatic rings. The minimum absolute atomic E-state index is 0.0598. The third-order valence-corrected chi connectivity index (χ3v) is 3.75. The Kier molecular flexibility index (Phi) is 5.57. The van der Waals surface area contributed by atoms with E-state index >= 15 is 0 Å². The molecule has 122 valence electrons. The van der Waals surface area contributed by atoms with Crippen LogP contribution in [0.3, 0.4) is 0 Å². The number of hydrogen-bond acceptors (Lipinski definition) is 3. The SMILES string of the molecule is CCc1oc(C(=O)NCC(Cc2ccccc2)C(=O)O)cc1C. The zero-order valence-electron chi connectivity index (χ0n) is 13.3. The first-order valence-electron chi connectivity index (χ1n) is 7.65. The highest BCUT2D eigenvalue weighted by atomic mass is 16.4. The first-order chi connectivity index (χ1) is 11.0. The number of aliphatic carboxylic acids is 1. The van der Waals surface area contributed by atoms with Crippen LogP contribution in [0.15, 0.2) is 40.8 Å². The van der Waals surface area contributed by atoms with E-state index in [4.69, 9.17) is 4.42 Å². The highest BCUT2D eigenvalue weighted by Gasteiger charge is 2.20. The molecule has 1 amide bonds. The van der Waals surface area contributed by atoms with Gasteiger partial charge in [-0.2, -0.15) is 0 Å². The molecule has 0 fully saturated rings. The number of carbonyl (C=O) groups is 2. The number of furan rings is 1. The molecule has 23 heavy (non-hydrogen) atoms. The number of carbonyl (C=O) groups excluding carboxylic acids is 1. The van der Waals surface area contributed by atoms with Crippen molar-refractivity contribution in [2.75, 3.05) is 6.54 Å². The van der Waals surface area contributed by atoms with E-state index in [1.54, 1.807) is 6.07 Å². The topological polar surface area (TPSA) is 79.5 Å². The molecule has 1 atom stereocenters. The maximum absolute atomic E-state index is 12.1. The number of hydrogen-bond donors (Lipinski definition) is 2. The summed E-state index contributed by atoms with van der Waals surface area (Å²) >= 11 is 0. The van der Waals surface area contributed by atoms with E-state index in [1.165, 1.54) is 0 Å². The fourth-order valence-corrected chi connectivity index (χ4v) is 2.43. The van der Waals surface area contributed by atoms with Gasteiger partial charge in [0.05, 0.1) is 5.92 Å². The number of carboxylic acids is 1. The summed E-state index contributed by atoms with van der Waals surface area (Å²) in [5.74, 6) is -0.994. The summed E-state index contributed by atoms with van der Waals surface area (Å²) in [6, 6.07) is 11.0. The van der Waals surface area contributed by atoms with E-state index in [9.17, 15) is 14.7 Å². The predicted octanol–water partition coefficient (Wildman–Crippen LogP) is 2.82. The normalized spacial score (nSPS) is 11.9. The minimum atomic E-state index is -0.931. The maximum atomic E-state index is 12.1.